The Balaban J connectivity index is 1.56. The van der Waals surface area contributed by atoms with Crippen LogP contribution in [0.5, 0.6) is 5.75 Å². The average molecular weight is 392 g/mol. The first-order chi connectivity index (χ1) is 13.4. The van der Waals surface area contributed by atoms with Crippen LogP contribution >= 0.6 is 0 Å². The van der Waals surface area contributed by atoms with Crippen molar-refractivity contribution >= 4 is 5.91 Å². The van der Waals surface area contributed by atoms with Crippen LogP contribution in [0.3, 0.4) is 0 Å². The molecule has 7 heteroatoms. The van der Waals surface area contributed by atoms with Gasteiger partial charge in [0.1, 0.15) is 5.75 Å². The highest BCUT2D eigenvalue weighted by atomic mass is 19.4. The van der Waals surface area contributed by atoms with Crippen LogP contribution in [0.1, 0.15) is 40.7 Å². The molecule has 2 aromatic carbocycles. The van der Waals surface area contributed by atoms with Crippen LogP contribution in [-0.4, -0.2) is 30.3 Å². The number of rotatable bonds is 6. The van der Waals surface area contributed by atoms with Gasteiger partial charge in [0.05, 0.1) is 0 Å². The van der Waals surface area contributed by atoms with E-state index in [-0.39, 0.29) is 23.8 Å². The van der Waals surface area contributed by atoms with E-state index >= 15 is 0 Å². The molecule has 0 atom stereocenters. The predicted octanol–water partition coefficient (Wildman–Crippen LogP) is 4.50. The molecule has 0 unspecified atom stereocenters. The van der Waals surface area contributed by atoms with Gasteiger partial charge in [-0.3, -0.25) is 9.69 Å². The summed E-state index contributed by atoms with van der Waals surface area (Å²) in [7, 11) is 0. The number of nitrogens with one attached hydrogen (secondary N) is 1. The van der Waals surface area contributed by atoms with Gasteiger partial charge in [0.25, 0.3) is 5.91 Å². The van der Waals surface area contributed by atoms with Crippen molar-refractivity contribution in [3.05, 3.63) is 65.2 Å². The molecular weight excluding hydrogens is 369 g/mol. The van der Waals surface area contributed by atoms with Gasteiger partial charge in [0, 0.05) is 24.2 Å². The normalized spacial score (nSPS) is 15.2. The number of hydrogen-bond donors (Lipinski definition) is 1. The minimum atomic E-state index is -4.77. The number of carbonyl (C=O) groups is 1. The van der Waals surface area contributed by atoms with Crippen LogP contribution in [0.15, 0.2) is 48.5 Å². The second-order valence-electron chi connectivity index (χ2n) is 6.87. The number of nitrogens with zero attached hydrogens (tertiary/aromatic N) is 1. The second-order valence-corrected chi connectivity index (χ2v) is 6.87. The van der Waals surface area contributed by atoms with E-state index in [1.807, 2.05) is 12.1 Å². The Kier molecular flexibility index (Phi) is 6.57. The van der Waals surface area contributed by atoms with E-state index in [0.29, 0.717) is 5.56 Å². The van der Waals surface area contributed by atoms with Crippen molar-refractivity contribution in [3.8, 4) is 5.75 Å². The van der Waals surface area contributed by atoms with Gasteiger partial charge in [0.15, 0.2) is 0 Å². The van der Waals surface area contributed by atoms with E-state index in [1.165, 1.54) is 37.5 Å². The zero-order valence-electron chi connectivity index (χ0n) is 15.5. The van der Waals surface area contributed by atoms with Crippen LogP contribution in [0.2, 0.25) is 0 Å². The van der Waals surface area contributed by atoms with Crippen LogP contribution < -0.4 is 10.1 Å². The van der Waals surface area contributed by atoms with Gasteiger partial charge in [-0.1, -0.05) is 36.8 Å². The molecule has 0 spiro atoms. The Morgan fingerprint density at radius 2 is 1.68 bits per heavy atom. The molecule has 1 amide bonds. The highest BCUT2D eigenvalue weighted by molar-refractivity contribution is 5.94. The van der Waals surface area contributed by atoms with Crippen molar-refractivity contribution in [2.75, 3.05) is 13.1 Å². The van der Waals surface area contributed by atoms with E-state index in [0.717, 1.165) is 25.2 Å². The van der Waals surface area contributed by atoms with Crippen molar-refractivity contribution < 1.29 is 22.7 Å². The summed E-state index contributed by atoms with van der Waals surface area (Å²) in [4.78, 5) is 14.7. The van der Waals surface area contributed by atoms with Crippen molar-refractivity contribution in [1.82, 2.24) is 10.2 Å². The number of ether oxygens (including phenoxy) is 1. The Bertz CT molecular complexity index is 785. The maximum absolute atomic E-state index is 12.5. The van der Waals surface area contributed by atoms with Crippen molar-refractivity contribution in [1.29, 1.82) is 0 Å². The lowest BCUT2D eigenvalue weighted by Gasteiger charge is -2.26. The third-order valence-electron chi connectivity index (χ3n) is 4.71. The lowest BCUT2D eigenvalue weighted by molar-refractivity contribution is -0.274. The molecule has 0 aromatic heterocycles. The third kappa shape index (κ3) is 5.99. The Hall–Kier alpha value is -2.54. The molecule has 0 bridgehead atoms. The van der Waals surface area contributed by atoms with Gasteiger partial charge in [-0.25, -0.2) is 0 Å². The topological polar surface area (TPSA) is 41.6 Å². The number of benzene rings is 2. The molecule has 1 aliphatic rings. The Morgan fingerprint density at radius 3 is 2.36 bits per heavy atom. The summed E-state index contributed by atoms with van der Waals surface area (Å²) < 4.78 is 41.4. The number of hydrogen-bond acceptors (Lipinski definition) is 3. The van der Waals surface area contributed by atoms with Crippen molar-refractivity contribution in [3.63, 3.8) is 0 Å². The molecular formula is C21H23F3N2O2. The van der Waals surface area contributed by atoms with E-state index in [1.54, 1.807) is 18.2 Å². The molecule has 1 saturated heterocycles. The summed E-state index contributed by atoms with van der Waals surface area (Å²) in [6.07, 6.45) is -1.04. The van der Waals surface area contributed by atoms with Gasteiger partial charge >= 0.3 is 6.36 Å². The van der Waals surface area contributed by atoms with E-state index in [2.05, 4.69) is 15.0 Å². The van der Waals surface area contributed by atoms with E-state index in [9.17, 15) is 18.0 Å². The van der Waals surface area contributed by atoms with Crippen molar-refractivity contribution in [2.24, 2.45) is 0 Å². The standard InChI is InChI=1S/C21H23F3N2O2/c22-21(23,24)28-19-7-3-2-6-18(19)14-25-20(27)17-10-8-16(9-11-17)15-26-12-4-1-5-13-26/h2-3,6-11H,1,4-5,12-15H2,(H,25,27). The van der Waals surface area contributed by atoms with Crippen LogP contribution in [-0.2, 0) is 13.1 Å². The van der Waals surface area contributed by atoms with Gasteiger partial charge in [-0.2, -0.15) is 0 Å². The minimum absolute atomic E-state index is 0.0549. The molecule has 28 heavy (non-hydrogen) atoms. The molecule has 1 N–H and O–H groups in total. The van der Waals surface area contributed by atoms with Crippen LogP contribution in [0.4, 0.5) is 13.2 Å². The fraction of sp³-hybridized carbons (Fsp3) is 0.381. The van der Waals surface area contributed by atoms with Crippen molar-refractivity contribution in [2.45, 2.75) is 38.7 Å². The first-order valence-electron chi connectivity index (χ1n) is 9.34. The number of alkyl halides is 3. The van der Waals surface area contributed by atoms with Gasteiger partial charge in [0.2, 0.25) is 0 Å². The molecule has 150 valence electrons. The maximum atomic E-state index is 12.5. The summed E-state index contributed by atoms with van der Waals surface area (Å²) in [6.45, 7) is 3.01. The highest BCUT2D eigenvalue weighted by Crippen LogP contribution is 2.26. The fourth-order valence-corrected chi connectivity index (χ4v) is 3.29. The predicted molar refractivity (Wildman–Crippen MR) is 99.9 cm³/mol. The summed E-state index contributed by atoms with van der Waals surface area (Å²) >= 11 is 0. The van der Waals surface area contributed by atoms with Crippen LogP contribution in [0.25, 0.3) is 0 Å². The summed E-state index contributed by atoms with van der Waals surface area (Å²) in [5.74, 6) is -0.654. The van der Waals surface area contributed by atoms with Gasteiger partial charge < -0.3 is 10.1 Å². The summed E-state index contributed by atoms with van der Waals surface area (Å²) in [5.41, 5.74) is 1.87. The summed E-state index contributed by atoms with van der Waals surface area (Å²) in [5, 5.41) is 2.65. The second kappa shape index (κ2) is 9.10. The Morgan fingerprint density at radius 1 is 1.00 bits per heavy atom. The SMILES string of the molecule is O=C(NCc1ccccc1OC(F)(F)F)c1ccc(CN2CCCCC2)cc1. The number of piperidine rings is 1. The van der Waals surface area contributed by atoms with Crippen LogP contribution in [0, 0.1) is 0 Å². The van der Waals surface area contributed by atoms with Gasteiger partial charge in [-0.05, 0) is 49.7 Å². The first-order valence-corrected chi connectivity index (χ1v) is 9.34. The number of para-hydroxylation sites is 1. The Labute approximate surface area is 162 Å². The number of carbonyl (C=O) groups excluding carboxylic acids is 1. The lowest BCUT2D eigenvalue weighted by Crippen LogP contribution is -2.29. The fourth-order valence-electron chi connectivity index (χ4n) is 3.29. The molecule has 2 aromatic rings. The smallest absolute Gasteiger partial charge is 0.405 e. The zero-order valence-corrected chi connectivity index (χ0v) is 15.5. The monoisotopic (exact) mass is 392 g/mol. The molecule has 1 heterocycles. The van der Waals surface area contributed by atoms with Gasteiger partial charge in [-0.15, -0.1) is 13.2 Å². The number of halogens is 3. The molecule has 0 saturated carbocycles. The highest BCUT2D eigenvalue weighted by Gasteiger charge is 2.32. The molecule has 4 nitrogen and oxygen atoms in total. The molecule has 0 radical (unpaired) electrons. The molecule has 0 aliphatic carbocycles. The molecule has 1 fully saturated rings. The average Bonchev–Trinajstić information content (AvgIpc) is 2.67. The molecule has 3 rings (SSSR count). The van der Waals surface area contributed by atoms with E-state index in [4.69, 9.17) is 0 Å². The lowest BCUT2D eigenvalue weighted by atomic mass is 10.1. The largest absolute Gasteiger partial charge is 0.573 e. The third-order valence-corrected chi connectivity index (χ3v) is 4.71. The number of amides is 1. The van der Waals surface area contributed by atoms with E-state index < -0.39 is 6.36 Å². The quantitative estimate of drug-likeness (QED) is 0.787. The number of likely N-dealkylation sites (tertiary alicyclic amines) is 1. The molecule has 1 aliphatic heterocycles. The zero-order chi connectivity index (χ0) is 20.0. The summed E-state index contributed by atoms with van der Waals surface area (Å²) in [6, 6.07) is 13.1. The minimum Gasteiger partial charge on any atom is -0.405 e. The first kappa shape index (κ1) is 20.2. The maximum Gasteiger partial charge on any atom is 0.573 e.